The summed E-state index contributed by atoms with van der Waals surface area (Å²) in [5.74, 6) is 2.56. The quantitative estimate of drug-likeness (QED) is 0.850. The van der Waals surface area contributed by atoms with Crippen molar-refractivity contribution in [3.05, 3.63) is 18.0 Å². The smallest absolute Gasteiger partial charge is 0.0762 e. The minimum Gasteiger partial charge on any atom is -0.307 e. The van der Waals surface area contributed by atoms with E-state index >= 15 is 0 Å². The van der Waals surface area contributed by atoms with E-state index in [0.29, 0.717) is 12.1 Å². The van der Waals surface area contributed by atoms with Crippen LogP contribution >= 0.6 is 11.8 Å². The molecule has 1 aliphatic heterocycles. The Morgan fingerprint density at radius 3 is 3.13 bits per heavy atom. The van der Waals surface area contributed by atoms with Crippen LogP contribution in [0.5, 0.6) is 0 Å². The van der Waals surface area contributed by atoms with Crippen molar-refractivity contribution in [2.45, 2.75) is 38.9 Å². The third-order valence-corrected chi connectivity index (χ3v) is 3.86. The molecule has 0 aliphatic carbocycles. The van der Waals surface area contributed by atoms with E-state index in [1.807, 2.05) is 16.4 Å². The van der Waals surface area contributed by atoms with Gasteiger partial charge in [0.05, 0.1) is 5.69 Å². The molecule has 0 saturated carbocycles. The average Bonchev–Trinajstić information content (AvgIpc) is 2.86. The van der Waals surface area contributed by atoms with Crippen molar-refractivity contribution in [1.82, 2.24) is 15.1 Å². The summed E-state index contributed by atoms with van der Waals surface area (Å²) in [5.41, 5.74) is 1.15. The monoisotopic (exact) mass is 225 g/mol. The van der Waals surface area contributed by atoms with E-state index in [0.717, 1.165) is 12.2 Å². The van der Waals surface area contributed by atoms with Gasteiger partial charge in [0.2, 0.25) is 0 Å². The highest BCUT2D eigenvalue weighted by Crippen LogP contribution is 2.17. The maximum Gasteiger partial charge on any atom is 0.0762 e. The lowest BCUT2D eigenvalue weighted by Crippen LogP contribution is -2.28. The van der Waals surface area contributed by atoms with Crippen LogP contribution in [0.4, 0.5) is 0 Å². The summed E-state index contributed by atoms with van der Waals surface area (Å²) in [6, 6.07) is 3.26. The van der Waals surface area contributed by atoms with Gasteiger partial charge in [-0.05, 0) is 32.1 Å². The second-order valence-electron chi connectivity index (χ2n) is 4.32. The van der Waals surface area contributed by atoms with E-state index in [9.17, 15) is 0 Å². The highest BCUT2D eigenvalue weighted by Gasteiger charge is 2.14. The predicted octanol–water partition coefficient (Wildman–Crippen LogP) is 2.06. The Kier molecular flexibility index (Phi) is 3.70. The van der Waals surface area contributed by atoms with Gasteiger partial charge in [0, 0.05) is 30.6 Å². The van der Waals surface area contributed by atoms with Crippen molar-refractivity contribution >= 4 is 11.8 Å². The van der Waals surface area contributed by atoms with Crippen molar-refractivity contribution in [2.24, 2.45) is 0 Å². The lowest BCUT2D eigenvalue weighted by atomic mass is 10.2. The molecule has 1 aromatic rings. The molecule has 15 heavy (non-hydrogen) atoms. The summed E-state index contributed by atoms with van der Waals surface area (Å²) in [4.78, 5) is 0. The Labute approximate surface area is 95.6 Å². The Hall–Kier alpha value is -0.480. The molecule has 4 heteroatoms. The predicted molar refractivity (Wildman–Crippen MR) is 65.2 cm³/mol. The third-order valence-electron chi connectivity index (χ3n) is 2.69. The zero-order valence-corrected chi connectivity index (χ0v) is 10.3. The van der Waals surface area contributed by atoms with Crippen molar-refractivity contribution in [2.75, 3.05) is 11.5 Å². The van der Waals surface area contributed by atoms with Crippen LogP contribution in [0.15, 0.2) is 12.3 Å². The van der Waals surface area contributed by atoms with E-state index in [1.165, 1.54) is 17.9 Å². The molecule has 3 nitrogen and oxygen atoms in total. The molecule has 1 aliphatic rings. The van der Waals surface area contributed by atoms with Crippen molar-refractivity contribution in [3.63, 3.8) is 0 Å². The van der Waals surface area contributed by atoms with Crippen molar-refractivity contribution in [3.8, 4) is 0 Å². The van der Waals surface area contributed by atoms with Gasteiger partial charge >= 0.3 is 0 Å². The first-order valence-electron chi connectivity index (χ1n) is 5.61. The number of nitrogens with one attached hydrogen (secondary N) is 1. The maximum absolute atomic E-state index is 4.52. The van der Waals surface area contributed by atoms with Gasteiger partial charge in [-0.1, -0.05) is 0 Å². The van der Waals surface area contributed by atoms with E-state index in [2.05, 4.69) is 36.5 Å². The van der Waals surface area contributed by atoms with E-state index in [4.69, 9.17) is 0 Å². The second kappa shape index (κ2) is 5.03. The van der Waals surface area contributed by atoms with Crippen LogP contribution in [0.2, 0.25) is 0 Å². The summed E-state index contributed by atoms with van der Waals surface area (Å²) in [5, 5.41) is 8.07. The molecule has 0 amide bonds. The normalized spacial score (nSPS) is 21.4. The average molecular weight is 225 g/mol. The number of rotatable bonds is 4. The highest BCUT2D eigenvalue weighted by atomic mass is 32.2. The van der Waals surface area contributed by atoms with Gasteiger partial charge in [-0.15, -0.1) is 0 Å². The fourth-order valence-corrected chi connectivity index (χ4v) is 2.89. The molecule has 84 valence electrons. The van der Waals surface area contributed by atoms with Gasteiger partial charge in [0.25, 0.3) is 0 Å². The molecule has 2 heterocycles. The first-order valence-corrected chi connectivity index (χ1v) is 6.76. The first-order chi connectivity index (χ1) is 7.25. The lowest BCUT2D eigenvalue weighted by molar-refractivity contribution is 0.509. The van der Waals surface area contributed by atoms with Crippen molar-refractivity contribution < 1.29 is 0 Å². The van der Waals surface area contributed by atoms with Crippen molar-refractivity contribution in [1.29, 1.82) is 0 Å². The summed E-state index contributed by atoms with van der Waals surface area (Å²) in [6.07, 6.45) is 3.36. The summed E-state index contributed by atoms with van der Waals surface area (Å²) >= 11 is 2.04. The fraction of sp³-hybridized carbons (Fsp3) is 0.727. The first kappa shape index (κ1) is 11.0. The summed E-state index contributed by atoms with van der Waals surface area (Å²) in [6.45, 7) is 5.21. The SMILES string of the molecule is CC(C)n1ccc(CNC2CCSC2)n1. The Balaban J connectivity index is 1.82. The minimum atomic E-state index is 0.459. The van der Waals surface area contributed by atoms with Crippen LogP contribution in [0.1, 0.15) is 32.0 Å². The van der Waals surface area contributed by atoms with Gasteiger partial charge in [-0.3, -0.25) is 4.68 Å². The Bertz CT molecular complexity index is 303. The number of aromatic nitrogens is 2. The van der Waals surface area contributed by atoms with Gasteiger partial charge < -0.3 is 5.32 Å². The zero-order chi connectivity index (χ0) is 10.7. The van der Waals surface area contributed by atoms with Gasteiger partial charge in [-0.2, -0.15) is 16.9 Å². The number of thioether (sulfide) groups is 1. The zero-order valence-electron chi connectivity index (χ0n) is 9.44. The molecular weight excluding hydrogens is 206 g/mol. The molecule has 0 aromatic carbocycles. The lowest BCUT2D eigenvalue weighted by Gasteiger charge is -2.09. The minimum absolute atomic E-state index is 0.459. The third kappa shape index (κ3) is 2.98. The molecule has 0 radical (unpaired) electrons. The number of nitrogens with zero attached hydrogens (tertiary/aromatic N) is 2. The van der Waals surface area contributed by atoms with Crippen LogP contribution in [0.25, 0.3) is 0 Å². The maximum atomic E-state index is 4.52. The summed E-state index contributed by atoms with van der Waals surface area (Å²) in [7, 11) is 0. The van der Waals surface area contributed by atoms with Crippen LogP contribution in [-0.4, -0.2) is 27.3 Å². The summed E-state index contributed by atoms with van der Waals surface area (Å²) < 4.78 is 2.01. The Morgan fingerprint density at radius 1 is 1.67 bits per heavy atom. The van der Waals surface area contributed by atoms with Gasteiger partial charge in [0.1, 0.15) is 0 Å². The molecule has 1 fully saturated rings. The van der Waals surface area contributed by atoms with Crippen LogP contribution in [0.3, 0.4) is 0 Å². The topological polar surface area (TPSA) is 29.9 Å². The molecule has 1 saturated heterocycles. The van der Waals surface area contributed by atoms with Crippen LogP contribution < -0.4 is 5.32 Å². The molecule has 0 bridgehead atoms. The number of hydrogen-bond donors (Lipinski definition) is 1. The van der Waals surface area contributed by atoms with Crippen LogP contribution in [0, 0.1) is 0 Å². The molecule has 1 unspecified atom stereocenters. The second-order valence-corrected chi connectivity index (χ2v) is 5.47. The molecule has 0 spiro atoms. The standard InChI is InChI=1S/C11H19N3S/c1-9(2)14-5-3-10(13-14)7-12-11-4-6-15-8-11/h3,5,9,11-12H,4,6-8H2,1-2H3. The largest absolute Gasteiger partial charge is 0.307 e. The van der Waals surface area contributed by atoms with E-state index < -0.39 is 0 Å². The van der Waals surface area contributed by atoms with Gasteiger partial charge in [0.15, 0.2) is 0 Å². The van der Waals surface area contributed by atoms with Gasteiger partial charge in [-0.25, -0.2) is 0 Å². The molecular formula is C11H19N3S. The Morgan fingerprint density at radius 2 is 2.53 bits per heavy atom. The number of hydrogen-bond acceptors (Lipinski definition) is 3. The molecule has 2 rings (SSSR count). The van der Waals surface area contributed by atoms with E-state index in [1.54, 1.807) is 0 Å². The van der Waals surface area contributed by atoms with E-state index in [-0.39, 0.29) is 0 Å². The highest BCUT2D eigenvalue weighted by molar-refractivity contribution is 7.99. The molecule has 1 aromatic heterocycles. The fourth-order valence-electron chi connectivity index (χ4n) is 1.70. The molecule has 1 atom stereocenters. The molecule has 1 N–H and O–H groups in total. The van der Waals surface area contributed by atoms with Crippen LogP contribution in [-0.2, 0) is 6.54 Å².